The minimum Gasteiger partial charge on any atom is -0.387 e. The molecule has 0 saturated heterocycles. The van der Waals surface area contributed by atoms with Gasteiger partial charge in [-0.25, -0.2) is 13.1 Å². The van der Waals surface area contributed by atoms with Gasteiger partial charge in [0, 0.05) is 25.5 Å². The lowest BCUT2D eigenvalue weighted by Gasteiger charge is -2.17. The molecule has 1 saturated carbocycles. The van der Waals surface area contributed by atoms with E-state index in [2.05, 4.69) is 21.9 Å². The second kappa shape index (κ2) is 6.54. The summed E-state index contributed by atoms with van der Waals surface area (Å²) in [5.74, 6) is 0.691. The molecule has 6 heteroatoms. The zero-order valence-corrected chi connectivity index (χ0v) is 12.9. The number of hydrogen-bond donors (Lipinski definition) is 2. The van der Waals surface area contributed by atoms with Crippen molar-refractivity contribution in [2.75, 3.05) is 12.4 Å². The van der Waals surface area contributed by atoms with Crippen LogP contribution in [0.15, 0.2) is 23.4 Å². The van der Waals surface area contributed by atoms with Gasteiger partial charge in [0.1, 0.15) is 4.90 Å². The van der Waals surface area contributed by atoms with Crippen LogP contribution in [0.5, 0.6) is 0 Å². The molecule has 0 spiro atoms. The maximum atomic E-state index is 12.5. The fourth-order valence-corrected chi connectivity index (χ4v) is 4.15. The van der Waals surface area contributed by atoms with Crippen molar-refractivity contribution in [3.63, 3.8) is 0 Å². The smallest absolute Gasteiger partial charge is 0.244 e. The van der Waals surface area contributed by atoms with E-state index >= 15 is 0 Å². The van der Waals surface area contributed by atoms with Crippen LogP contribution in [0.2, 0.25) is 0 Å². The number of aromatic nitrogens is 1. The molecular weight excluding hydrogens is 274 g/mol. The summed E-state index contributed by atoms with van der Waals surface area (Å²) in [7, 11) is -1.80. The van der Waals surface area contributed by atoms with Crippen molar-refractivity contribution in [3.05, 3.63) is 18.5 Å². The van der Waals surface area contributed by atoms with E-state index in [0.29, 0.717) is 11.6 Å². The maximum absolute atomic E-state index is 12.5. The molecule has 1 heterocycles. The lowest BCUT2D eigenvalue weighted by Crippen LogP contribution is -2.34. The molecular formula is C14H23N3O2S. The average Bonchev–Trinajstić information content (AvgIpc) is 2.63. The van der Waals surface area contributed by atoms with Gasteiger partial charge >= 0.3 is 0 Å². The standard InChI is InChI=1S/C14H23N3O2S/c1-11-4-3-5-12(7-6-11)17-20(18,19)14-10-16-9-8-13(14)15-2/h8-12,17H,3-7H2,1-2H3,(H,15,16). The Morgan fingerprint density at radius 2 is 2.05 bits per heavy atom. The molecule has 0 bridgehead atoms. The molecule has 0 aliphatic heterocycles. The highest BCUT2D eigenvalue weighted by molar-refractivity contribution is 7.89. The van der Waals surface area contributed by atoms with E-state index in [9.17, 15) is 8.42 Å². The second-order valence-electron chi connectivity index (χ2n) is 5.55. The molecule has 2 rings (SSSR count). The highest BCUT2D eigenvalue weighted by Gasteiger charge is 2.24. The molecule has 1 aliphatic carbocycles. The monoisotopic (exact) mass is 297 g/mol. The first-order valence-electron chi connectivity index (χ1n) is 7.17. The van der Waals surface area contributed by atoms with Crippen molar-refractivity contribution < 1.29 is 8.42 Å². The zero-order valence-electron chi connectivity index (χ0n) is 12.1. The van der Waals surface area contributed by atoms with E-state index in [1.54, 1.807) is 19.3 Å². The molecule has 1 aliphatic rings. The van der Waals surface area contributed by atoms with Crippen LogP contribution in [0, 0.1) is 5.92 Å². The molecule has 1 aromatic rings. The third kappa shape index (κ3) is 3.70. The number of pyridine rings is 1. The Balaban J connectivity index is 2.14. The number of anilines is 1. The van der Waals surface area contributed by atoms with Crippen LogP contribution in [0.1, 0.15) is 39.0 Å². The third-order valence-corrected chi connectivity index (χ3v) is 5.47. The summed E-state index contributed by atoms with van der Waals surface area (Å²) in [6, 6.07) is 1.71. The summed E-state index contributed by atoms with van der Waals surface area (Å²) >= 11 is 0. The minimum atomic E-state index is -3.51. The van der Waals surface area contributed by atoms with E-state index in [1.807, 2.05) is 0 Å². The van der Waals surface area contributed by atoms with Crippen molar-refractivity contribution in [2.45, 2.75) is 50.0 Å². The van der Waals surface area contributed by atoms with Gasteiger partial charge in [-0.15, -0.1) is 0 Å². The third-order valence-electron chi connectivity index (χ3n) is 3.92. The first-order valence-corrected chi connectivity index (χ1v) is 8.65. The van der Waals surface area contributed by atoms with Gasteiger partial charge in [-0.05, 0) is 31.2 Å². The zero-order chi connectivity index (χ0) is 14.6. The molecule has 2 N–H and O–H groups in total. The van der Waals surface area contributed by atoms with Crippen molar-refractivity contribution in [3.8, 4) is 0 Å². The Hall–Kier alpha value is -1.14. The first kappa shape index (κ1) is 15.3. The summed E-state index contributed by atoms with van der Waals surface area (Å²) in [5.41, 5.74) is 0.578. The topological polar surface area (TPSA) is 71.1 Å². The van der Waals surface area contributed by atoms with Gasteiger partial charge in [0.2, 0.25) is 10.0 Å². The minimum absolute atomic E-state index is 0.0369. The molecule has 20 heavy (non-hydrogen) atoms. The highest BCUT2D eigenvalue weighted by Crippen LogP contribution is 2.25. The Kier molecular flexibility index (Phi) is 4.99. The van der Waals surface area contributed by atoms with Crippen molar-refractivity contribution in [2.24, 2.45) is 5.92 Å². The van der Waals surface area contributed by atoms with Gasteiger partial charge in [-0.3, -0.25) is 4.98 Å². The van der Waals surface area contributed by atoms with Gasteiger partial charge in [-0.1, -0.05) is 19.8 Å². The van der Waals surface area contributed by atoms with Gasteiger partial charge < -0.3 is 5.32 Å². The fraction of sp³-hybridized carbons (Fsp3) is 0.643. The number of rotatable bonds is 4. The van der Waals surface area contributed by atoms with E-state index < -0.39 is 10.0 Å². The molecule has 2 atom stereocenters. The Bertz CT molecular complexity index is 545. The summed E-state index contributed by atoms with van der Waals surface area (Å²) < 4.78 is 27.8. The normalized spacial score (nSPS) is 24.1. The average molecular weight is 297 g/mol. The van der Waals surface area contributed by atoms with Crippen LogP contribution in [-0.2, 0) is 10.0 Å². The summed E-state index contributed by atoms with van der Waals surface area (Å²) in [5, 5.41) is 2.90. The molecule has 0 aromatic carbocycles. The Labute approximate surface area is 121 Å². The van der Waals surface area contributed by atoms with E-state index in [1.165, 1.54) is 12.6 Å². The SMILES string of the molecule is CNc1ccncc1S(=O)(=O)NC1CCCC(C)CC1. The summed E-state index contributed by atoms with van der Waals surface area (Å²) in [6.07, 6.45) is 8.16. The molecule has 112 valence electrons. The van der Waals surface area contributed by atoms with Gasteiger partial charge in [0.25, 0.3) is 0 Å². The first-order chi connectivity index (χ1) is 9.53. The molecule has 5 nitrogen and oxygen atoms in total. The molecule has 1 fully saturated rings. The number of sulfonamides is 1. The van der Waals surface area contributed by atoms with E-state index in [4.69, 9.17) is 0 Å². The Morgan fingerprint density at radius 1 is 1.25 bits per heavy atom. The number of nitrogens with zero attached hydrogens (tertiary/aromatic N) is 1. The second-order valence-corrected chi connectivity index (χ2v) is 7.24. The lowest BCUT2D eigenvalue weighted by atomic mass is 10.0. The predicted molar refractivity (Wildman–Crippen MR) is 80.1 cm³/mol. The highest BCUT2D eigenvalue weighted by atomic mass is 32.2. The molecule has 2 unspecified atom stereocenters. The van der Waals surface area contributed by atoms with Crippen LogP contribution in [0.4, 0.5) is 5.69 Å². The van der Waals surface area contributed by atoms with Crippen LogP contribution in [0.3, 0.4) is 0 Å². The van der Waals surface area contributed by atoms with Crippen molar-refractivity contribution >= 4 is 15.7 Å². The number of nitrogens with one attached hydrogen (secondary N) is 2. The lowest BCUT2D eigenvalue weighted by molar-refractivity contribution is 0.484. The molecule has 0 amide bonds. The Morgan fingerprint density at radius 3 is 2.80 bits per heavy atom. The van der Waals surface area contributed by atoms with Gasteiger partial charge in [0.05, 0.1) is 5.69 Å². The van der Waals surface area contributed by atoms with Gasteiger partial charge in [-0.2, -0.15) is 0 Å². The van der Waals surface area contributed by atoms with E-state index in [-0.39, 0.29) is 10.9 Å². The molecule has 0 radical (unpaired) electrons. The summed E-state index contributed by atoms with van der Waals surface area (Å²) in [6.45, 7) is 2.23. The van der Waals surface area contributed by atoms with Crippen molar-refractivity contribution in [1.82, 2.24) is 9.71 Å². The quantitative estimate of drug-likeness (QED) is 0.837. The van der Waals surface area contributed by atoms with Crippen LogP contribution in [0.25, 0.3) is 0 Å². The fourth-order valence-electron chi connectivity index (χ4n) is 2.69. The number of hydrogen-bond acceptors (Lipinski definition) is 4. The summed E-state index contributed by atoms with van der Waals surface area (Å²) in [4.78, 5) is 4.15. The van der Waals surface area contributed by atoms with E-state index in [0.717, 1.165) is 25.7 Å². The predicted octanol–water partition coefficient (Wildman–Crippen LogP) is 2.37. The van der Waals surface area contributed by atoms with Crippen molar-refractivity contribution in [1.29, 1.82) is 0 Å². The largest absolute Gasteiger partial charge is 0.387 e. The van der Waals surface area contributed by atoms with Gasteiger partial charge in [0.15, 0.2) is 0 Å². The molecule has 1 aromatic heterocycles. The van der Waals surface area contributed by atoms with Crippen LogP contribution in [-0.4, -0.2) is 26.5 Å². The van der Waals surface area contributed by atoms with Crippen LogP contribution >= 0.6 is 0 Å². The maximum Gasteiger partial charge on any atom is 0.244 e. The van der Waals surface area contributed by atoms with Crippen LogP contribution < -0.4 is 10.0 Å².